The SMILES string of the molecule is CN(Cc1cccs1)C(=O)c1cccc(Br)c1F. The maximum Gasteiger partial charge on any atom is 0.256 e. The lowest BCUT2D eigenvalue weighted by Gasteiger charge is -2.16. The molecule has 0 unspecified atom stereocenters. The molecule has 94 valence electrons. The molecule has 18 heavy (non-hydrogen) atoms. The third-order valence-electron chi connectivity index (χ3n) is 2.50. The van der Waals surface area contributed by atoms with Crippen LogP contribution in [0.5, 0.6) is 0 Å². The summed E-state index contributed by atoms with van der Waals surface area (Å²) in [6, 6.07) is 8.60. The summed E-state index contributed by atoms with van der Waals surface area (Å²) in [6.45, 7) is 0.489. The smallest absolute Gasteiger partial charge is 0.256 e. The number of halogens is 2. The summed E-state index contributed by atoms with van der Waals surface area (Å²) in [4.78, 5) is 14.7. The number of rotatable bonds is 3. The minimum absolute atomic E-state index is 0.0865. The van der Waals surface area contributed by atoms with Crippen molar-refractivity contribution in [3.63, 3.8) is 0 Å². The van der Waals surface area contributed by atoms with Crippen molar-refractivity contribution in [1.29, 1.82) is 0 Å². The van der Waals surface area contributed by atoms with Crippen molar-refractivity contribution in [3.8, 4) is 0 Å². The Morgan fingerprint density at radius 2 is 2.17 bits per heavy atom. The summed E-state index contributed by atoms with van der Waals surface area (Å²) >= 11 is 4.65. The van der Waals surface area contributed by atoms with E-state index in [0.717, 1.165) is 4.88 Å². The lowest BCUT2D eigenvalue weighted by Crippen LogP contribution is -2.26. The molecule has 0 aliphatic rings. The normalized spacial score (nSPS) is 10.4. The maximum atomic E-state index is 13.8. The zero-order chi connectivity index (χ0) is 13.1. The molecule has 0 fully saturated rings. The molecule has 0 N–H and O–H groups in total. The van der Waals surface area contributed by atoms with Crippen molar-refractivity contribution in [2.24, 2.45) is 0 Å². The highest BCUT2D eigenvalue weighted by atomic mass is 79.9. The largest absolute Gasteiger partial charge is 0.336 e. The van der Waals surface area contributed by atoms with Gasteiger partial charge in [0, 0.05) is 11.9 Å². The molecule has 2 rings (SSSR count). The molecule has 1 aromatic carbocycles. The first-order valence-corrected chi connectivity index (χ1v) is 6.98. The van der Waals surface area contributed by atoms with Gasteiger partial charge in [0.15, 0.2) is 0 Å². The third-order valence-corrected chi connectivity index (χ3v) is 3.98. The first-order chi connectivity index (χ1) is 8.59. The predicted molar refractivity (Wildman–Crippen MR) is 74.2 cm³/mol. The Bertz CT molecular complexity index is 556. The van der Waals surface area contributed by atoms with Gasteiger partial charge in [-0.25, -0.2) is 4.39 Å². The lowest BCUT2D eigenvalue weighted by molar-refractivity contribution is 0.0781. The molecule has 1 amide bonds. The Labute approximate surface area is 117 Å². The molecule has 1 heterocycles. The van der Waals surface area contributed by atoms with Gasteiger partial charge in [-0.2, -0.15) is 0 Å². The zero-order valence-electron chi connectivity index (χ0n) is 9.69. The van der Waals surface area contributed by atoms with E-state index in [9.17, 15) is 9.18 Å². The number of nitrogens with zero attached hydrogens (tertiary/aromatic N) is 1. The lowest BCUT2D eigenvalue weighted by atomic mass is 10.2. The number of hydrogen-bond acceptors (Lipinski definition) is 2. The van der Waals surface area contributed by atoms with E-state index in [1.165, 1.54) is 11.0 Å². The minimum Gasteiger partial charge on any atom is -0.336 e. The van der Waals surface area contributed by atoms with Crippen molar-refractivity contribution in [3.05, 3.63) is 56.4 Å². The van der Waals surface area contributed by atoms with Crippen LogP contribution < -0.4 is 0 Å². The Morgan fingerprint density at radius 1 is 1.39 bits per heavy atom. The first kappa shape index (κ1) is 13.2. The highest BCUT2D eigenvalue weighted by Crippen LogP contribution is 2.20. The van der Waals surface area contributed by atoms with Crippen molar-refractivity contribution in [1.82, 2.24) is 4.90 Å². The van der Waals surface area contributed by atoms with Gasteiger partial charge in [-0.15, -0.1) is 11.3 Å². The molecular formula is C13H11BrFNOS. The van der Waals surface area contributed by atoms with E-state index < -0.39 is 5.82 Å². The highest BCUT2D eigenvalue weighted by molar-refractivity contribution is 9.10. The average Bonchev–Trinajstić information content (AvgIpc) is 2.84. The second-order valence-electron chi connectivity index (χ2n) is 3.84. The van der Waals surface area contributed by atoms with Crippen LogP contribution in [0.3, 0.4) is 0 Å². The van der Waals surface area contributed by atoms with Crippen LogP contribution in [0.4, 0.5) is 4.39 Å². The molecule has 2 nitrogen and oxygen atoms in total. The highest BCUT2D eigenvalue weighted by Gasteiger charge is 2.17. The van der Waals surface area contributed by atoms with E-state index in [4.69, 9.17) is 0 Å². The molecule has 0 saturated carbocycles. The van der Waals surface area contributed by atoms with Gasteiger partial charge in [-0.3, -0.25) is 4.79 Å². The minimum atomic E-state index is -0.513. The summed E-state index contributed by atoms with van der Waals surface area (Å²) < 4.78 is 14.1. The van der Waals surface area contributed by atoms with Gasteiger partial charge < -0.3 is 4.90 Å². The predicted octanol–water partition coefficient (Wildman–Crippen LogP) is 3.92. The molecule has 0 aliphatic carbocycles. The molecule has 5 heteroatoms. The number of hydrogen-bond donors (Lipinski definition) is 0. The van der Waals surface area contributed by atoms with Crippen molar-refractivity contribution in [2.45, 2.75) is 6.54 Å². The average molecular weight is 328 g/mol. The number of carbonyl (C=O) groups is 1. The van der Waals surface area contributed by atoms with E-state index in [0.29, 0.717) is 11.0 Å². The van der Waals surface area contributed by atoms with Crippen molar-refractivity contribution < 1.29 is 9.18 Å². The Kier molecular flexibility index (Phi) is 4.14. The van der Waals surface area contributed by atoms with Crippen LogP contribution >= 0.6 is 27.3 Å². The fraction of sp³-hybridized carbons (Fsp3) is 0.154. The van der Waals surface area contributed by atoms with Crippen molar-refractivity contribution in [2.75, 3.05) is 7.05 Å². The second-order valence-corrected chi connectivity index (χ2v) is 5.73. The maximum absolute atomic E-state index is 13.8. The Balaban J connectivity index is 2.18. The van der Waals surface area contributed by atoms with E-state index in [-0.39, 0.29) is 11.5 Å². The number of amides is 1. The van der Waals surface area contributed by atoms with Gasteiger partial charge in [0.2, 0.25) is 0 Å². The van der Waals surface area contributed by atoms with E-state index in [2.05, 4.69) is 15.9 Å². The van der Waals surface area contributed by atoms with Gasteiger partial charge in [0.25, 0.3) is 5.91 Å². The van der Waals surface area contributed by atoms with Crippen LogP contribution in [-0.2, 0) is 6.54 Å². The first-order valence-electron chi connectivity index (χ1n) is 5.31. The molecule has 0 atom stereocenters. The summed E-state index contributed by atoms with van der Waals surface area (Å²) in [5.41, 5.74) is 0.0865. The standard InChI is InChI=1S/C13H11BrFNOS/c1-16(8-9-4-3-7-18-9)13(17)10-5-2-6-11(14)12(10)15/h2-7H,8H2,1H3. The van der Waals surface area contributed by atoms with E-state index in [1.54, 1.807) is 30.5 Å². The van der Waals surface area contributed by atoms with Gasteiger partial charge in [-0.05, 0) is 39.5 Å². The van der Waals surface area contributed by atoms with Gasteiger partial charge >= 0.3 is 0 Å². The molecule has 0 radical (unpaired) electrons. The summed E-state index contributed by atoms with van der Waals surface area (Å²) in [5.74, 6) is -0.831. The van der Waals surface area contributed by atoms with Gasteiger partial charge in [-0.1, -0.05) is 12.1 Å². The topological polar surface area (TPSA) is 20.3 Å². The third kappa shape index (κ3) is 2.79. The molecule has 0 aliphatic heterocycles. The van der Waals surface area contributed by atoms with Crippen LogP contribution in [0.15, 0.2) is 40.2 Å². The van der Waals surface area contributed by atoms with E-state index in [1.807, 2.05) is 17.5 Å². The number of thiophene rings is 1. The molecular weight excluding hydrogens is 317 g/mol. The molecule has 0 saturated heterocycles. The van der Waals surface area contributed by atoms with E-state index >= 15 is 0 Å². The molecule has 1 aromatic heterocycles. The van der Waals surface area contributed by atoms with Crippen LogP contribution in [0.25, 0.3) is 0 Å². The summed E-state index contributed by atoms with van der Waals surface area (Å²) in [6.07, 6.45) is 0. The zero-order valence-corrected chi connectivity index (χ0v) is 12.1. The van der Waals surface area contributed by atoms with Crippen molar-refractivity contribution >= 4 is 33.2 Å². The van der Waals surface area contributed by atoms with Crippen LogP contribution in [-0.4, -0.2) is 17.9 Å². The summed E-state index contributed by atoms with van der Waals surface area (Å²) in [7, 11) is 1.67. The molecule has 0 spiro atoms. The fourth-order valence-electron chi connectivity index (χ4n) is 1.58. The summed E-state index contributed by atoms with van der Waals surface area (Å²) in [5, 5.41) is 1.95. The Hall–Kier alpha value is -1.20. The quantitative estimate of drug-likeness (QED) is 0.836. The monoisotopic (exact) mass is 327 g/mol. The fourth-order valence-corrected chi connectivity index (χ4v) is 2.71. The van der Waals surface area contributed by atoms with Gasteiger partial charge in [0.05, 0.1) is 16.6 Å². The van der Waals surface area contributed by atoms with Crippen LogP contribution in [0.1, 0.15) is 15.2 Å². The van der Waals surface area contributed by atoms with Crippen LogP contribution in [0.2, 0.25) is 0 Å². The second kappa shape index (κ2) is 5.63. The van der Waals surface area contributed by atoms with Gasteiger partial charge in [0.1, 0.15) is 5.82 Å². The Morgan fingerprint density at radius 3 is 2.83 bits per heavy atom. The molecule has 0 bridgehead atoms. The number of carbonyl (C=O) groups excluding carboxylic acids is 1. The number of benzene rings is 1. The van der Waals surface area contributed by atoms with Crippen LogP contribution in [0, 0.1) is 5.82 Å². The molecule has 2 aromatic rings.